The Labute approximate surface area is 267 Å². The average molecular weight is 628 g/mol. The first-order valence-electron chi connectivity index (χ1n) is 14.2. The first kappa shape index (κ1) is 31.3. The monoisotopic (exact) mass is 627 g/mol. The van der Waals surface area contributed by atoms with Crippen molar-refractivity contribution in [3.8, 4) is 11.5 Å². The predicted molar refractivity (Wildman–Crippen MR) is 177 cm³/mol. The third-order valence-electron chi connectivity index (χ3n) is 6.93. The summed E-state index contributed by atoms with van der Waals surface area (Å²) in [6.07, 6.45) is 4.98. The van der Waals surface area contributed by atoms with Crippen LogP contribution in [0.1, 0.15) is 11.1 Å². The highest BCUT2D eigenvalue weighted by molar-refractivity contribution is 6.35. The second kappa shape index (κ2) is 14.1. The number of urea groups is 1. The number of carbonyl (C=O) groups excluding carboxylic acids is 2. The fourth-order valence-corrected chi connectivity index (χ4v) is 5.05. The number of hydrogen-bond acceptors (Lipinski definition) is 8. The molecule has 1 aliphatic heterocycles. The zero-order chi connectivity index (χ0) is 31.9. The van der Waals surface area contributed by atoms with E-state index in [9.17, 15) is 9.59 Å². The number of fused-ring (bicyclic) bond motifs is 1. The summed E-state index contributed by atoms with van der Waals surface area (Å²) >= 11 is 6.73. The molecule has 2 heterocycles. The molecule has 3 aromatic carbocycles. The van der Waals surface area contributed by atoms with Gasteiger partial charge in [-0.15, -0.1) is 0 Å². The minimum atomic E-state index is -0.356. The number of nitrogens with one attached hydrogen (secondary N) is 2. The van der Waals surface area contributed by atoms with Crippen LogP contribution in [0.2, 0.25) is 5.02 Å². The van der Waals surface area contributed by atoms with Gasteiger partial charge < -0.3 is 25.0 Å². The standard InChI is InChI=1S/C33H34ClN7O4/c1-39(2)15-9-14-29(42)36-25-13-8-10-22(16-25)20-41-31-23(19-35-32(38-31)37-24-11-6-5-7-12-24)21-40(33(41)43)27-17-26(44-3)18-28(45-4)30(27)34/h5-14,16-19H,15,20-21H2,1-4H3,(H,36,42)(H,35,37,38)/b14-9+. The zero-order valence-electron chi connectivity index (χ0n) is 25.5. The van der Waals surface area contributed by atoms with Gasteiger partial charge in [0.1, 0.15) is 22.3 Å². The van der Waals surface area contributed by atoms with Crippen LogP contribution in [-0.4, -0.2) is 61.7 Å². The predicted octanol–water partition coefficient (Wildman–Crippen LogP) is 6.09. The van der Waals surface area contributed by atoms with E-state index in [2.05, 4.69) is 15.6 Å². The Balaban J connectivity index is 1.50. The number of likely N-dealkylation sites (N-methyl/N-ethyl adjacent to an activating group) is 1. The van der Waals surface area contributed by atoms with E-state index in [4.69, 9.17) is 26.1 Å². The van der Waals surface area contributed by atoms with Crippen LogP contribution in [0.3, 0.4) is 0 Å². The van der Waals surface area contributed by atoms with Crippen molar-refractivity contribution in [2.24, 2.45) is 0 Å². The number of methoxy groups -OCH3 is 2. The summed E-state index contributed by atoms with van der Waals surface area (Å²) in [5, 5.41) is 6.36. The summed E-state index contributed by atoms with van der Waals surface area (Å²) in [6.45, 7) is 0.970. The second-order valence-electron chi connectivity index (χ2n) is 10.5. The summed E-state index contributed by atoms with van der Waals surface area (Å²) in [5.41, 5.74) is 3.32. The Morgan fingerprint density at radius 1 is 1.04 bits per heavy atom. The largest absolute Gasteiger partial charge is 0.497 e. The quantitative estimate of drug-likeness (QED) is 0.192. The molecule has 3 amide bonds. The summed E-state index contributed by atoms with van der Waals surface area (Å²) in [6, 6.07) is 19.9. The lowest BCUT2D eigenvalue weighted by molar-refractivity contribution is -0.111. The zero-order valence-corrected chi connectivity index (χ0v) is 26.2. The van der Waals surface area contributed by atoms with Gasteiger partial charge in [-0.25, -0.2) is 9.78 Å². The molecular weight excluding hydrogens is 594 g/mol. The molecule has 0 saturated heterocycles. The molecule has 5 rings (SSSR count). The van der Waals surface area contributed by atoms with Gasteiger partial charge in [-0.3, -0.25) is 14.6 Å². The Morgan fingerprint density at radius 3 is 2.56 bits per heavy atom. The lowest BCUT2D eigenvalue weighted by Crippen LogP contribution is -2.47. The van der Waals surface area contributed by atoms with Crippen LogP contribution in [0.4, 0.5) is 33.6 Å². The number of aromatic nitrogens is 2. The Hall–Kier alpha value is -5.13. The minimum absolute atomic E-state index is 0.156. The van der Waals surface area contributed by atoms with Crippen molar-refractivity contribution >= 4 is 52.4 Å². The molecule has 0 radical (unpaired) electrons. The summed E-state index contributed by atoms with van der Waals surface area (Å²) in [4.78, 5) is 41.2. The number of rotatable bonds is 11. The number of halogens is 1. The molecule has 1 aromatic heterocycles. The molecule has 11 nitrogen and oxygen atoms in total. The van der Waals surface area contributed by atoms with Crippen LogP contribution < -0.4 is 29.9 Å². The van der Waals surface area contributed by atoms with Gasteiger partial charge in [0.15, 0.2) is 0 Å². The first-order valence-corrected chi connectivity index (χ1v) is 14.5. The molecule has 0 spiro atoms. The van der Waals surface area contributed by atoms with E-state index >= 15 is 0 Å². The Bertz CT molecular complexity index is 1720. The first-order chi connectivity index (χ1) is 21.7. The van der Waals surface area contributed by atoms with Crippen LogP contribution in [0.5, 0.6) is 11.5 Å². The highest BCUT2D eigenvalue weighted by Crippen LogP contribution is 2.42. The lowest BCUT2D eigenvalue weighted by atomic mass is 10.1. The smallest absolute Gasteiger partial charge is 0.330 e. The molecule has 12 heteroatoms. The van der Waals surface area contributed by atoms with Gasteiger partial charge >= 0.3 is 6.03 Å². The van der Waals surface area contributed by atoms with Gasteiger partial charge in [0.05, 0.1) is 33.0 Å². The Morgan fingerprint density at radius 2 is 1.82 bits per heavy atom. The van der Waals surface area contributed by atoms with Crippen molar-refractivity contribution in [3.05, 3.63) is 101 Å². The summed E-state index contributed by atoms with van der Waals surface area (Å²) < 4.78 is 10.9. The van der Waals surface area contributed by atoms with Crippen LogP contribution in [-0.2, 0) is 17.9 Å². The molecule has 45 heavy (non-hydrogen) atoms. The second-order valence-corrected chi connectivity index (χ2v) is 10.9. The molecule has 0 bridgehead atoms. The van der Waals surface area contributed by atoms with E-state index in [1.807, 2.05) is 67.5 Å². The van der Waals surface area contributed by atoms with Crippen molar-refractivity contribution in [2.75, 3.05) is 55.3 Å². The third kappa shape index (κ3) is 7.51. The number of para-hydroxylation sites is 1. The van der Waals surface area contributed by atoms with Crippen molar-refractivity contribution in [2.45, 2.75) is 13.1 Å². The van der Waals surface area contributed by atoms with Gasteiger partial charge in [-0.2, -0.15) is 4.98 Å². The number of benzene rings is 3. The van der Waals surface area contributed by atoms with E-state index in [1.165, 1.54) is 20.3 Å². The van der Waals surface area contributed by atoms with Gasteiger partial charge in [0.2, 0.25) is 11.9 Å². The molecule has 0 fully saturated rings. The van der Waals surface area contributed by atoms with E-state index in [-0.39, 0.29) is 30.1 Å². The van der Waals surface area contributed by atoms with Crippen LogP contribution in [0, 0.1) is 0 Å². The van der Waals surface area contributed by atoms with Crippen molar-refractivity contribution < 1.29 is 19.1 Å². The van der Waals surface area contributed by atoms with Crippen molar-refractivity contribution in [3.63, 3.8) is 0 Å². The Kier molecular flexibility index (Phi) is 9.81. The van der Waals surface area contributed by atoms with Crippen LogP contribution in [0.25, 0.3) is 0 Å². The van der Waals surface area contributed by atoms with E-state index < -0.39 is 0 Å². The highest BCUT2D eigenvalue weighted by Gasteiger charge is 2.35. The van der Waals surface area contributed by atoms with E-state index in [0.717, 1.165) is 11.3 Å². The summed E-state index contributed by atoms with van der Waals surface area (Å²) in [7, 11) is 6.89. The molecule has 1 aliphatic rings. The third-order valence-corrected chi connectivity index (χ3v) is 7.31. The number of ether oxygens (including phenoxy) is 2. The molecule has 232 valence electrons. The maximum Gasteiger partial charge on any atom is 0.330 e. The molecular formula is C33H34ClN7O4. The van der Waals surface area contributed by atoms with Gasteiger partial charge in [0, 0.05) is 47.9 Å². The SMILES string of the molecule is COc1cc(OC)c(Cl)c(N2Cc3cnc(Nc4ccccc4)nc3N(Cc3cccc(NC(=O)/C=C/CN(C)C)c3)C2=O)c1. The molecule has 2 N–H and O–H groups in total. The van der Waals surface area contributed by atoms with Crippen molar-refractivity contribution in [1.29, 1.82) is 0 Å². The molecule has 4 aromatic rings. The van der Waals surface area contributed by atoms with Crippen molar-refractivity contribution in [1.82, 2.24) is 14.9 Å². The maximum atomic E-state index is 14.3. The van der Waals surface area contributed by atoms with Gasteiger partial charge in [-0.05, 0) is 43.9 Å². The number of amides is 3. The minimum Gasteiger partial charge on any atom is -0.497 e. The number of carbonyl (C=O) groups is 2. The number of nitrogens with zero attached hydrogens (tertiary/aromatic N) is 5. The molecule has 0 aliphatic carbocycles. The fourth-order valence-electron chi connectivity index (χ4n) is 4.76. The van der Waals surface area contributed by atoms with E-state index in [0.29, 0.717) is 46.7 Å². The van der Waals surface area contributed by atoms with Gasteiger partial charge in [0.25, 0.3) is 0 Å². The van der Waals surface area contributed by atoms with Crippen LogP contribution in [0.15, 0.2) is 85.1 Å². The molecule has 0 atom stereocenters. The molecule has 0 unspecified atom stereocenters. The highest BCUT2D eigenvalue weighted by atomic mass is 35.5. The number of hydrogen-bond donors (Lipinski definition) is 2. The molecule has 0 saturated carbocycles. The number of anilines is 5. The average Bonchev–Trinajstić information content (AvgIpc) is 3.03. The lowest BCUT2D eigenvalue weighted by Gasteiger charge is -2.36. The summed E-state index contributed by atoms with van der Waals surface area (Å²) in [5.74, 6) is 1.41. The topological polar surface area (TPSA) is 112 Å². The van der Waals surface area contributed by atoms with E-state index in [1.54, 1.807) is 40.3 Å². The van der Waals surface area contributed by atoms with Crippen LogP contribution >= 0.6 is 11.6 Å². The fraction of sp³-hybridized carbons (Fsp3) is 0.212. The normalized spacial score (nSPS) is 12.8. The van der Waals surface area contributed by atoms with Gasteiger partial charge in [-0.1, -0.05) is 48.0 Å². The maximum absolute atomic E-state index is 14.3.